The van der Waals surface area contributed by atoms with E-state index in [-0.39, 0.29) is 0 Å². The lowest BCUT2D eigenvalue weighted by Gasteiger charge is -2.31. The molecule has 0 spiro atoms. The first-order chi connectivity index (χ1) is 8.22. The van der Waals surface area contributed by atoms with Crippen LogP contribution in [0.4, 0.5) is 0 Å². The Morgan fingerprint density at radius 2 is 1.71 bits per heavy atom. The van der Waals surface area contributed by atoms with Crippen molar-refractivity contribution in [2.24, 2.45) is 11.8 Å². The molecular formula is C15H31NO. The summed E-state index contributed by atoms with van der Waals surface area (Å²) in [5, 5.41) is 3.36. The van der Waals surface area contributed by atoms with Crippen LogP contribution in [0.3, 0.4) is 0 Å². The summed E-state index contributed by atoms with van der Waals surface area (Å²) in [5.41, 5.74) is 0. The number of unbranched alkanes of at least 4 members (excludes halogenated alkanes) is 2. The van der Waals surface area contributed by atoms with Crippen LogP contribution in [0.5, 0.6) is 0 Å². The second kappa shape index (κ2) is 8.93. The molecular weight excluding hydrogens is 210 g/mol. The smallest absolute Gasteiger partial charge is 0.0580 e. The molecule has 102 valence electrons. The highest BCUT2D eigenvalue weighted by Crippen LogP contribution is 2.30. The Hall–Kier alpha value is -0.0800. The lowest BCUT2D eigenvalue weighted by molar-refractivity contribution is -0.000573. The Kier molecular flexibility index (Phi) is 7.87. The van der Waals surface area contributed by atoms with Crippen molar-refractivity contribution < 1.29 is 4.74 Å². The maximum absolute atomic E-state index is 6.01. The van der Waals surface area contributed by atoms with E-state index >= 15 is 0 Å². The van der Waals surface area contributed by atoms with Gasteiger partial charge in [-0.2, -0.15) is 0 Å². The summed E-state index contributed by atoms with van der Waals surface area (Å²) >= 11 is 0. The highest BCUT2D eigenvalue weighted by atomic mass is 16.5. The van der Waals surface area contributed by atoms with Crippen LogP contribution in [0.25, 0.3) is 0 Å². The molecule has 1 saturated carbocycles. The van der Waals surface area contributed by atoms with Gasteiger partial charge in [-0.25, -0.2) is 0 Å². The maximum atomic E-state index is 6.01. The summed E-state index contributed by atoms with van der Waals surface area (Å²) in [6.45, 7) is 10.1. The molecule has 0 radical (unpaired) electrons. The molecule has 2 heteroatoms. The Morgan fingerprint density at radius 1 is 1.00 bits per heavy atom. The van der Waals surface area contributed by atoms with Crippen LogP contribution in [-0.4, -0.2) is 25.8 Å². The second-order valence-electron chi connectivity index (χ2n) is 5.82. The molecule has 1 fully saturated rings. The molecule has 17 heavy (non-hydrogen) atoms. The second-order valence-corrected chi connectivity index (χ2v) is 5.82. The van der Waals surface area contributed by atoms with Gasteiger partial charge in [0.2, 0.25) is 0 Å². The minimum absolute atomic E-state index is 0.544. The molecule has 0 aromatic rings. The lowest BCUT2D eigenvalue weighted by atomic mass is 9.82. The zero-order valence-electron chi connectivity index (χ0n) is 12.0. The monoisotopic (exact) mass is 241 g/mol. The number of hydrogen-bond donors (Lipinski definition) is 1. The highest BCUT2D eigenvalue weighted by Gasteiger charge is 2.23. The summed E-state index contributed by atoms with van der Waals surface area (Å²) < 4.78 is 6.01. The zero-order valence-corrected chi connectivity index (χ0v) is 12.0. The van der Waals surface area contributed by atoms with Gasteiger partial charge in [-0.15, -0.1) is 0 Å². The standard InChI is InChI=1S/C15H31NO/c1-4-16-8-6-5-7-9-17-15-11-13(2)10-14(3)12-15/h13-16H,4-12H2,1-3H3. The van der Waals surface area contributed by atoms with Crippen molar-refractivity contribution in [3.63, 3.8) is 0 Å². The van der Waals surface area contributed by atoms with E-state index in [0.29, 0.717) is 6.10 Å². The van der Waals surface area contributed by atoms with Gasteiger partial charge in [0.15, 0.2) is 0 Å². The summed E-state index contributed by atoms with van der Waals surface area (Å²) in [5.74, 6) is 1.72. The quantitative estimate of drug-likeness (QED) is 0.656. The van der Waals surface area contributed by atoms with E-state index in [1.54, 1.807) is 0 Å². The highest BCUT2D eigenvalue weighted by molar-refractivity contribution is 4.75. The fraction of sp³-hybridized carbons (Fsp3) is 1.00. The predicted octanol–water partition coefficient (Wildman–Crippen LogP) is 3.61. The first-order valence-electron chi connectivity index (χ1n) is 7.54. The van der Waals surface area contributed by atoms with Crippen molar-refractivity contribution in [2.75, 3.05) is 19.7 Å². The minimum atomic E-state index is 0.544. The molecule has 0 aromatic carbocycles. The Balaban J connectivity index is 1.95. The average Bonchev–Trinajstić information content (AvgIpc) is 2.26. The number of rotatable bonds is 8. The summed E-state index contributed by atoms with van der Waals surface area (Å²) in [4.78, 5) is 0. The number of ether oxygens (including phenoxy) is 1. The fourth-order valence-electron chi connectivity index (χ4n) is 2.96. The Bertz CT molecular complexity index is 174. The number of hydrogen-bond acceptors (Lipinski definition) is 2. The molecule has 0 amide bonds. The molecule has 0 saturated heterocycles. The van der Waals surface area contributed by atoms with E-state index in [9.17, 15) is 0 Å². The first kappa shape index (κ1) is 15.0. The molecule has 1 aliphatic rings. The van der Waals surface area contributed by atoms with Gasteiger partial charge in [-0.1, -0.05) is 20.8 Å². The molecule has 1 rings (SSSR count). The number of nitrogens with one attached hydrogen (secondary N) is 1. The molecule has 0 aliphatic heterocycles. The fourth-order valence-corrected chi connectivity index (χ4v) is 2.96. The molecule has 1 N–H and O–H groups in total. The molecule has 0 bridgehead atoms. The molecule has 2 unspecified atom stereocenters. The van der Waals surface area contributed by atoms with Gasteiger partial charge >= 0.3 is 0 Å². The third kappa shape index (κ3) is 7.05. The van der Waals surface area contributed by atoms with Crippen LogP contribution in [-0.2, 0) is 4.74 Å². The minimum Gasteiger partial charge on any atom is -0.378 e. The normalized spacial score (nSPS) is 29.5. The average molecular weight is 241 g/mol. The van der Waals surface area contributed by atoms with Crippen molar-refractivity contribution in [1.82, 2.24) is 5.32 Å². The Morgan fingerprint density at radius 3 is 2.35 bits per heavy atom. The van der Waals surface area contributed by atoms with Crippen LogP contribution in [0, 0.1) is 11.8 Å². The van der Waals surface area contributed by atoms with E-state index < -0.39 is 0 Å². The van der Waals surface area contributed by atoms with Gasteiger partial charge < -0.3 is 10.1 Å². The van der Waals surface area contributed by atoms with E-state index in [0.717, 1.165) is 31.5 Å². The molecule has 0 aromatic heterocycles. The van der Waals surface area contributed by atoms with Crippen molar-refractivity contribution in [2.45, 2.75) is 65.4 Å². The third-order valence-corrected chi connectivity index (χ3v) is 3.74. The van der Waals surface area contributed by atoms with Crippen molar-refractivity contribution in [1.29, 1.82) is 0 Å². The van der Waals surface area contributed by atoms with E-state index in [2.05, 4.69) is 26.1 Å². The van der Waals surface area contributed by atoms with Gasteiger partial charge in [0.05, 0.1) is 6.10 Å². The summed E-state index contributed by atoms with van der Waals surface area (Å²) in [6, 6.07) is 0. The summed E-state index contributed by atoms with van der Waals surface area (Å²) in [6.07, 6.45) is 8.30. The van der Waals surface area contributed by atoms with Gasteiger partial charge in [0.1, 0.15) is 0 Å². The van der Waals surface area contributed by atoms with Crippen LogP contribution >= 0.6 is 0 Å². The van der Waals surface area contributed by atoms with Crippen LogP contribution in [0.15, 0.2) is 0 Å². The van der Waals surface area contributed by atoms with E-state index in [1.165, 1.54) is 38.5 Å². The van der Waals surface area contributed by atoms with Gasteiger partial charge in [-0.3, -0.25) is 0 Å². The SMILES string of the molecule is CCNCCCCCOC1CC(C)CC(C)C1. The van der Waals surface area contributed by atoms with Crippen molar-refractivity contribution in [3.8, 4) is 0 Å². The lowest BCUT2D eigenvalue weighted by Crippen LogP contribution is -2.26. The Labute approximate surface area is 108 Å². The first-order valence-corrected chi connectivity index (χ1v) is 7.54. The molecule has 2 nitrogen and oxygen atoms in total. The topological polar surface area (TPSA) is 21.3 Å². The zero-order chi connectivity index (χ0) is 12.5. The van der Waals surface area contributed by atoms with Crippen LogP contribution in [0.1, 0.15) is 59.3 Å². The summed E-state index contributed by atoms with van der Waals surface area (Å²) in [7, 11) is 0. The predicted molar refractivity (Wildman–Crippen MR) is 74.3 cm³/mol. The molecule has 1 aliphatic carbocycles. The van der Waals surface area contributed by atoms with Crippen LogP contribution < -0.4 is 5.32 Å². The van der Waals surface area contributed by atoms with Gasteiger partial charge in [0.25, 0.3) is 0 Å². The van der Waals surface area contributed by atoms with Crippen molar-refractivity contribution >= 4 is 0 Å². The van der Waals surface area contributed by atoms with Gasteiger partial charge in [-0.05, 0) is 63.5 Å². The van der Waals surface area contributed by atoms with Crippen molar-refractivity contribution in [3.05, 3.63) is 0 Å². The van der Waals surface area contributed by atoms with E-state index in [4.69, 9.17) is 4.74 Å². The largest absolute Gasteiger partial charge is 0.378 e. The maximum Gasteiger partial charge on any atom is 0.0580 e. The van der Waals surface area contributed by atoms with Gasteiger partial charge in [0, 0.05) is 6.61 Å². The van der Waals surface area contributed by atoms with E-state index in [1.807, 2.05) is 0 Å². The third-order valence-electron chi connectivity index (χ3n) is 3.74. The molecule has 2 atom stereocenters. The molecule has 0 heterocycles. The van der Waals surface area contributed by atoms with Crippen LogP contribution in [0.2, 0.25) is 0 Å².